The summed E-state index contributed by atoms with van der Waals surface area (Å²) in [5, 5.41) is 5.13. The Kier molecular flexibility index (Phi) is 5.28. The number of fused-ring (bicyclic) bond motifs is 1. The summed E-state index contributed by atoms with van der Waals surface area (Å²) in [6.07, 6.45) is 2.19. The fourth-order valence-corrected chi connectivity index (χ4v) is 3.92. The topological polar surface area (TPSA) is 60.2 Å². The second-order valence-corrected chi connectivity index (χ2v) is 7.90. The van der Waals surface area contributed by atoms with E-state index in [0.29, 0.717) is 17.4 Å². The molecule has 0 spiro atoms. The molecule has 1 aliphatic heterocycles. The summed E-state index contributed by atoms with van der Waals surface area (Å²) in [7, 11) is 1.64. The lowest BCUT2D eigenvalue weighted by Crippen LogP contribution is -2.44. The number of ether oxygens (including phenoxy) is 1. The molecule has 7 heteroatoms. The number of aromatic nitrogens is 3. The summed E-state index contributed by atoms with van der Waals surface area (Å²) < 4.78 is 7.13. The average molecular weight is 411 g/mol. The third-order valence-electron chi connectivity index (χ3n) is 5.31. The fourth-order valence-electron chi connectivity index (χ4n) is 3.80. The Balaban J connectivity index is 1.82. The monoisotopic (exact) mass is 410 g/mol. The van der Waals surface area contributed by atoms with Crippen LogP contribution in [0, 0.1) is 5.92 Å². The molecule has 6 nitrogen and oxygen atoms in total. The first-order valence-electron chi connectivity index (χ1n) is 9.61. The first-order valence-corrected chi connectivity index (χ1v) is 9.99. The van der Waals surface area contributed by atoms with E-state index in [1.807, 2.05) is 67.1 Å². The van der Waals surface area contributed by atoms with Crippen molar-refractivity contribution in [1.29, 1.82) is 0 Å². The predicted octanol–water partition coefficient (Wildman–Crippen LogP) is 4.66. The van der Waals surface area contributed by atoms with Gasteiger partial charge in [-0.1, -0.05) is 49.7 Å². The van der Waals surface area contributed by atoms with Crippen LogP contribution in [0.15, 0.2) is 54.9 Å². The number of hydrogen-bond acceptors (Lipinski definition) is 4. The first-order chi connectivity index (χ1) is 14.0. The molecule has 0 aliphatic carbocycles. The molecule has 3 aromatic rings. The standard InChI is InChI=1S/C22H23ClN4O2/c1-14(2)21(28)26-19(15-6-10-18(29-3)11-7-15)12-20(27-22(26)24-13-25-27)16-4-8-17(23)9-5-16/h4-11,13-14,19-20H,12H2,1-3H3/t19-,20-/m1/s1. The maximum atomic E-state index is 13.2. The van der Waals surface area contributed by atoms with Crippen molar-refractivity contribution in [3.05, 3.63) is 71.0 Å². The number of hydrogen-bond donors (Lipinski definition) is 0. The first kappa shape index (κ1) is 19.5. The number of methoxy groups -OCH3 is 1. The second-order valence-electron chi connectivity index (χ2n) is 7.46. The smallest absolute Gasteiger partial charge is 0.232 e. The van der Waals surface area contributed by atoms with Crippen molar-refractivity contribution < 1.29 is 9.53 Å². The molecule has 29 heavy (non-hydrogen) atoms. The summed E-state index contributed by atoms with van der Waals surface area (Å²) in [6, 6.07) is 15.4. The molecule has 0 fully saturated rings. The number of carbonyl (C=O) groups excluding carboxylic acids is 1. The molecule has 0 saturated carbocycles. The van der Waals surface area contributed by atoms with Crippen LogP contribution in [0.5, 0.6) is 5.75 Å². The quantitative estimate of drug-likeness (QED) is 0.627. The zero-order valence-electron chi connectivity index (χ0n) is 16.6. The highest BCUT2D eigenvalue weighted by molar-refractivity contribution is 6.30. The molecule has 2 heterocycles. The molecule has 4 rings (SSSR count). The van der Waals surface area contributed by atoms with Gasteiger partial charge in [0.15, 0.2) is 0 Å². The SMILES string of the molecule is COc1ccc([C@H]2C[C@H](c3ccc(Cl)cc3)n3ncnc3N2C(=O)C(C)C)cc1. The maximum absolute atomic E-state index is 13.2. The fraction of sp³-hybridized carbons (Fsp3) is 0.318. The highest BCUT2D eigenvalue weighted by Gasteiger charge is 2.39. The number of anilines is 1. The molecule has 0 bridgehead atoms. The van der Waals surface area contributed by atoms with E-state index < -0.39 is 0 Å². The van der Waals surface area contributed by atoms with Crippen molar-refractivity contribution in [3.8, 4) is 5.75 Å². The average Bonchev–Trinajstić information content (AvgIpc) is 3.22. The van der Waals surface area contributed by atoms with Crippen LogP contribution >= 0.6 is 11.6 Å². The van der Waals surface area contributed by atoms with Crippen molar-refractivity contribution in [2.24, 2.45) is 5.92 Å². The van der Waals surface area contributed by atoms with Gasteiger partial charge in [-0.25, -0.2) is 4.68 Å². The van der Waals surface area contributed by atoms with E-state index in [1.54, 1.807) is 12.0 Å². The Labute approximate surface area is 175 Å². The molecule has 1 aromatic heterocycles. The molecular formula is C22H23ClN4O2. The number of amides is 1. The molecule has 2 aromatic carbocycles. The van der Waals surface area contributed by atoms with E-state index in [1.165, 1.54) is 6.33 Å². The van der Waals surface area contributed by atoms with E-state index >= 15 is 0 Å². The van der Waals surface area contributed by atoms with Crippen LogP contribution in [-0.4, -0.2) is 27.8 Å². The van der Waals surface area contributed by atoms with Gasteiger partial charge in [-0.3, -0.25) is 9.69 Å². The Morgan fingerprint density at radius 3 is 2.31 bits per heavy atom. The van der Waals surface area contributed by atoms with Gasteiger partial charge in [0.2, 0.25) is 11.9 Å². The van der Waals surface area contributed by atoms with Gasteiger partial charge >= 0.3 is 0 Å². The predicted molar refractivity (Wildman–Crippen MR) is 112 cm³/mol. The minimum atomic E-state index is -0.159. The number of benzene rings is 2. The second kappa shape index (κ2) is 7.87. The normalized spacial score (nSPS) is 18.6. The minimum absolute atomic E-state index is 0.0228. The van der Waals surface area contributed by atoms with Crippen molar-refractivity contribution in [2.45, 2.75) is 32.4 Å². The number of nitrogens with zero attached hydrogens (tertiary/aromatic N) is 4. The van der Waals surface area contributed by atoms with Gasteiger partial charge in [-0.2, -0.15) is 10.1 Å². The van der Waals surface area contributed by atoms with E-state index in [4.69, 9.17) is 16.3 Å². The lowest BCUT2D eigenvalue weighted by molar-refractivity contribution is -0.122. The zero-order chi connectivity index (χ0) is 20.5. The number of rotatable bonds is 4. The van der Waals surface area contributed by atoms with E-state index in [2.05, 4.69) is 10.1 Å². The van der Waals surface area contributed by atoms with Crippen molar-refractivity contribution >= 4 is 23.5 Å². The Morgan fingerprint density at radius 2 is 1.69 bits per heavy atom. The highest BCUT2D eigenvalue weighted by Crippen LogP contribution is 2.42. The summed E-state index contributed by atoms with van der Waals surface area (Å²) in [5.41, 5.74) is 2.12. The molecule has 0 saturated heterocycles. The van der Waals surface area contributed by atoms with Gasteiger partial charge in [0.1, 0.15) is 12.1 Å². The summed E-state index contributed by atoms with van der Waals surface area (Å²) in [4.78, 5) is 19.4. The van der Waals surface area contributed by atoms with Crippen LogP contribution in [0.25, 0.3) is 0 Å². The Morgan fingerprint density at radius 1 is 1.07 bits per heavy atom. The van der Waals surface area contributed by atoms with Crippen molar-refractivity contribution in [1.82, 2.24) is 14.8 Å². The van der Waals surface area contributed by atoms with Crippen LogP contribution in [0.3, 0.4) is 0 Å². The molecule has 1 amide bonds. The number of halogens is 1. The lowest BCUT2D eigenvalue weighted by atomic mass is 9.91. The molecule has 0 unspecified atom stereocenters. The summed E-state index contributed by atoms with van der Waals surface area (Å²) >= 11 is 6.08. The Hall–Kier alpha value is -2.86. The molecular weight excluding hydrogens is 388 g/mol. The molecule has 2 atom stereocenters. The largest absolute Gasteiger partial charge is 0.497 e. The van der Waals surface area contributed by atoms with Crippen molar-refractivity contribution in [3.63, 3.8) is 0 Å². The van der Waals surface area contributed by atoms with E-state index in [0.717, 1.165) is 16.9 Å². The molecule has 150 valence electrons. The third-order valence-corrected chi connectivity index (χ3v) is 5.56. The van der Waals surface area contributed by atoms with Gasteiger partial charge < -0.3 is 4.74 Å². The zero-order valence-corrected chi connectivity index (χ0v) is 17.4. The van der Waals surface area contributed by atoms with Crippen LogP contribution in [0.4, 0.5) is 5.95 Å². The molecule has 0 N–H and O–H groups in total. The van der Waals surface area contributed by atoms with Crippen LogP contribution in [-0.2, 0) is 4.79 Å². The van der Waals surface area contributed by atoms with Gasteiger partial charge in [-0.05, 0) is 41.8 Å². The van der Waals surface area contributed by atoms with Crippen molar-refractivity contribution in [2.75, 3.05) is 12.0 Å². The molecule has 0 radical (unpaired) electrons. The van der Waals surface area contributed by atoms with E-state index in [9.17, 15) is 4.79 Å². The Bertz CT molecular complexity index is 998. The van der Waals surface area contributed by atoms with Gasteiger partial charge in [-0.15, -0.1) is 0 Å². The third kappa shape index (κ3) is 3.60. The van der Waals surface area contributed by atoms with Gasteiger partial charge in [0.25, 0.3) is 0 Å². The lowest BCUT2D eigenvalue weighted by Gasteiger charge is -2.40. The van der Waals surface area contributed by atoms with Gasteiger partial charge in [0.05, 0.1) is 19.2 Å². The van der Waals surface area contributed by atoms with Crippen LogP contribution in [0.1, 0.15) is 43.5 Å². The highest BCUT2D eigenvalue weighted by atomic mass is 35.5. The summed E-state index contributed by atoms with van der Waals surface area (Å²) in [5.74, 6) is 1.21. The molecule has 1 aliphatic rings. The summed E-state index contributed by atoms with van der Waals surface area (Å²) in [6.45, 7) is 3.80. The van der Waals surface area contributed by atoms with E-state index in [-0.39, 0.29) is 23.9 Å². The minimum Gasteiger partial charge on any atom is -0.497 e. The van der Waals surface area contributed by atoms with Gasteiger partial charge in [0, 0.05) is 10.9 Å². The van der Waals surface area contributed by atoms with Crippen LogP contribution in [0.2, 0.25) is 5.02 Å². The maximum Gasteiger partial charge on any atom is 0.232 e. The van der Waals surface area contributed by atoms with Crippen LogP contribution < -0.4 is 9.64 Å². The number of carbonyl (C=O) groups is 1.